The second-order valence-electron chi connectivity index (χ2n) is 5.20. The topological polar surface area (TPSA) is 63.2 Å². The Labute approximate surface area is 138 Å². The first-order chi connectivity index (χ1) is 11.1. The maximum Gasteiger partial charge on any atom is 0.310 e. The summed E-state index contributed by atoms with van der Waals surface area (Å²) in [6.07, 6.45) is 0. The van der Waals surface area contributed by atoms with Crippen molar-refractivity contribution in [1.82, 2.24) is 10.2 Å². The van der Waals surface area contributed by atoms with E-state index in [0.717, 1.165) is 18.3 Å². The molecule has 1 atom stereocenters. The van der Waals surface area contributed by atoms with E-state index in [4.69, 9.17) is 9.47 Å². The molecule has 6 heteroatoms. The van der Waals surface area contributed by atoms with E-state index in [0.29, 0.717) is 19.7 Å². The highest BCUT2D eigenvalue weighted by atomic mass is 16.5. The smallest absolute Gasteiger partial charge is 0.310 e. The molecule has 0 aliphatic heterocycles. The van der Waals surface area contributed by atoms with Gasteiger partial charge in [0.05, 0.1) is 26.1 Å². The lowest BCUT2D eigenvalue weighted by Crippen LogP contribution is -2.41. The minimum absolute atomic E-state index is 0.250. The third-order valence-electron chi connectivity index (χ3n) is 3.25. The molecule has 0 bridgehead atoms. The van der Waals surface area contributed by atoms with E-state index in [1.54, 1.807) is 6.92 Å². The standard InChI is InChI=1S/C17H27N3O3/c1-5-18-17(19-13-14(2)16(21)22-4)20(3)11-12-23-15-9-7-6-8-10-15/h6-10,14H,5,11-13H2,1-4H3,(H,18,19). The summed E-state index contributed by atoms with van der Waals surface area (Å²) >= 11 is 0. The number of benzene rings is 1. The summed E-state index contributed by atoms with van der Waals surface area (Å²) < 4.78 is 10.4. The van der Waals surface area contributed by atoms with Crippen LogP contribution in [0.5, 0.6) is 5.75 Å². The van der Waals surface area contributed by atoms with Gasteiger partial charge in [0.15, 0.2) is 5.96 Å². The molecule has 0 heterocycles. The minimum Gasteiger partial charge on any atom is -0.492 e. The third-order valence-corrected chi connectivity index (χ3v) is 3.25. The molecule has 0 aromatic heterocycles. The largest absolute Gasteiger partial charge is 0.492 e. The van der Waals surface area contributed by atoms with Crippen LogP contribution >= 0.6 is 0 Å². The lowest BCUT2D eigenvalue weighted by Gasteiger charge is -2.22. The first kappa shape index (κ1) is 18.8. The molecule has 0 aliphatic rings. The van der Waals surface area contributed by atoms with Crippen LogP contribution in [0, 0.1) is 5.92 Å². The Balaban J connectivity index is 2.49. The molecule has 0 amide bonds. The van der Waals surface area contributed by atoms with Crippen molar-refractivity contribution >= 4 is 11.9 Å². The average Bonchev–Trinajstić information content (AvgIpc) is 2.58. The maximum absolute atomic E-state index is 11.4. The van der Waals surface area contributed by atoms with Crippen molar-refractivity contribution in [1.29, 1.82) is 0 Å². The van der Waals surface area contributed by atoms with Crippen molar-refractivity contribution in [3.05, 3.63) is 30.3 Å². The zero-order valence-corrected chi connectivity index (χ0v) is 14.4. The Morgan fingerprint density at radius 2 is 2.04 bits per heavy atom. The van der Waals surface area contributed by atoms with Crippen LogP contribution in [0.2, 0.25) is 0 Å². The summed E-state index contributed by atoms with van der Waals surface area (Å²) in [5.74, 6) is 1.09. The number of esters is 1. The summed E-state index contributed by atoms with van der Waals surface area (Å²) in [7, 11) is 3.33. The number of likely N-dealkylation sites (N-methyl/N-ethyl adjacent to an activating group) is 1. The van der Waals surface area contributed by atoms with E-state index >= 15 is 0 Å². The van der Waals surface area contributed by atoms with Gasteiger partial charge in [0.2, 0.25) is 0 Å². The Morgan fingerprint density at radius 3 is 2.65 bits per heavy atom. The summed E-state index contributed by atoms with van der Waals surface area (Å²) in [6, 6.07) is 9.70. The van der Waals surface area contributed by atoms with E-state index in [-0.39, 0.29) is 11.9 Å². The zero-order chi connectivity index (χ0) is 17.1. The van der Waals surface area contributed by atoms with E-state index < -0.39 is 0 Å². The van der Waals surface area contributed by atoms with Crippen LogP contribution in [0.15, 0.2) is 35.3 Å². The number of methoxy groups -OCH3 is 1. The van der Waals surface area contributed by atoms with Gasteiger partial charge in [0.25, 0.3) is 0 Å². The van der Waals surface area contributed by atoms with Gasteiger partial charge in [-0.25, -0.2) is 0 Å². The normalized spacial score (nSPS) is 12.4. The summed E-state index contributed by atoms with van der Waals surface area (Å²) in [5.41, 5.74) is 0. The molecule has 1 N–H and O–H groups in total. The van der Waals surface area contributed by atoms with Crippen LogP contribution in [-0.2, 0) is 9.53 Å². The van der Waals surface area contributed by atoms with Gasteiger partial charge in [-0.3, -0.25) is 9.79 Å². The van der Waals surface area contributed by atoms with Crippen molar-refractivity contribution in [2.75, 3.05) is 40.4 Å². The molecule has 0 radical (unpaired) electrons. The van der Waals surface area contributed by atoms with Gasteiger partial charge in [-0.15, -0.1) is 0 Å². The fraction of sp³-hybridized carbons (Fsp3) is 0.529. The monoisotopic (exact) mass is 321 g/mol. The highest BCUT2D eigenvalue weighted by molar-refractivity contribution is 5.80. The number of hydrogen-bond donors (Lipinski definition) is 1. The molecular weight excluding hydrogens is 294 g/mol. The first-order valence-electron chi connectivity index (χ1n) is 7.83. The van der Waals surface area contributed by atoms with E-state index in [9.17, 15) is 4.79 Å². The zero-order valence-electron chi connectivity index (χ0n) is 14.4. The van der Waals surface area contributed by atoms with Crippen LogP contribution in [0.4, 0.5) is 0 Å². The molecule has 0 fully saturated rings. The second-order valence-corrected chi connectivity index (χ2v) is 5.20. The van der Waals surface area contributed by atoms with Crippen molar-refractivity contribution in [2.24, 2.45) is 10.9 Å². The van der Waals surface area contributed by atoms with Gasteiger partial charge in [-0.1, -0.05) is 25.1 Å². The molecule has 23 heavy (non-hydrogen) atoms. The number of rotatable bonds is 8. The number of para-hydroxylation sites is 1. The molecule has 0 saturated carbocycles. The molecule has 0 aliphatic carbocycles. The highest BCUT2D eigenvalue weighted by Crippen LogP contribution is 2.07. The Morgan fingerprint density at radius 1 is 1.35 bits per heavy atom. The van der Waals surface area contributed by atoms with E-state index in [2.05, 4.69) is 10.3 Å². The molecule has 1 aromatic carbocycles. The van der Waals surface area contributed by atoms with Crippen LogP contribution in [0.25, 0.3) is 0 Å². The summed E-state index contributed by atoms with van der Waals surface area (Å²) in [5, 5.41) is 3.21. The number of aliphatic imine (C=N–C) groups is 1. The van der Waals surface area contributed by atoms with Crippen molar-refractivity contribution in [3.63, 3.8) is 0 Å². The number of carbonyl (C=O) groups is 1. The number of hydrogen-bond acceptors (Lipinski definition) is 4. The molecule has 1 rings (SSSR count). The van der Waals surface area contributed by atoms with Crippen molar-refractivity contribution in [2.45, 2.75) is 13.8 Å². The van der Waals surface area contributed by atoms with Gasteiger partial charge in [0.1, 0.15) is 12.4 Å². The third kappa shape index (κ3) is 7.04. The molecule has 1 unspecified atom stereocenters. The fourth-order valence-electron chi connectivity index (χ4n) is 1.89. The van der Waals surface area contributed by atoms with Crippen LogP contribution in [0.1, 0.15) is 13.8 Å². The van der Waals surface area contributed by atoms with Crippen LogP contribution < -0.4 is 10.1 Å². The lowest BCUT2D eigenvalue weighted by molar-refractivity contribution is -0.144. The first-order valence-corrected chi connectivity index (χ1v) is 7.83. The average molecular weight is 321 g/mol. The minimum atomic E-state index is -0.261. The number of nitrogens with zero attached hydrogens (tertiary/aromatic N) is 2. The molecule has 0 saturated heterocycles. The summed E-state index contributed by atoms with van der Waals surface area (Å²) in [6.45, 7) is 6.20. The molecular formula is C17H27N3O3. The van der Waals surface area contributed by atoms with Gasteiger partial charge in [0, 0.05) is 13.6 Å². The van der Waals surface area contributed by atoms with Crippen LogP contribution in [-0.4, -0.2) is 57.2 Å². The van der Waals surface area contributed by atoms with Gasteiger partial charge in [-0.05, 0) is 19.1 Å². The molecule has 128 valence electrons. The quantitative estimate of drug-likeness (QED) is 0.449. The van der Waals surface area contributed by atoms with Crippen molar-refractivity contribution in [3.8, 4) is 5.75 Å². The van der Waals surface area contributed by atoms with Gasteiger partial charge >= 0.3 is 5.97 Å². The maximum atomic E-state index is 11.4. The van der Waals surface area contributed by atoms with Gasteiger partial charge in [-0.2, -0.15) is 0 Å². The Kier molecular flexibility index (Phi) is 8.57. The SMILES string of the molecule is CCNC(=NCC(C)C(=O)OC)N(C)CCOc1ccccc1. The van der Waals surface area contributed by atoms with E-state index in [1.165, 1.54) is 7.11 Å². The second kappa shape index (κ2) is 10.5. The van der Waals surface area contributed by atoms with E-state index in [1.807, 2.05) is 49.2 Å². The number of ether oxygens (including phenoxy) is 2. The number of carbonyl (C=O) groups excluding carboxylic acids is 1. The van der Waals surface area contributed by atoms with Crippen LogP contribution in [0.3, 0.4) is 0 Å². The lowest BCUT2D eigenvalue weighted by atomic mass is 10.2. The molecule has 0 spiro atoms. The number of guanidine groups is 1. The van der Waals surface area contributed by atoms with Crippen molar-refractivity contribution < 1.29 is 14.3 Å². The highest BCUT2D eigenvalue weighted by Gasteiger charge is 2.13. The Bertz CT molecular complexity index is 491. The molecule has 6 nitrogen and oxygen atoms in total. The molecule has 1 aromatic rings. The van der Waals surface area contributed by atoms with Gasteiger partial charge < -0.3 is 19.7 Å². The Hall–Kier alpha value is -2.24. The summed E-state index contributed by atoms with van der Waals surface area (Å²) in [4.78, 5) is 17.9. The fourth-order valence-corrected chi connectivity index (χ4v) is 1.89. The number of nitrogens with one attached hydrogen (secondary N) is 1. The predicted molar refractivity (Wildman–Crippen MR) is 91.7 cm³/mol. The predicted octanol–water partition coefficient (Wildman–Crippen LogP) is 1.77.